The van der Waals surface area contributed by atoms with Crippen molar-refractivity contribution in [3.63, 3.8) is 0 Å². The number of amides is 3. The summed E-state index contributed by atoms with van der Waals surface area (Å²) in [5.74, 6) is -2.84. The van der Waals surface area contributed by atoms with E-state index in [1.54, 1.807) is 31.2 Å². The second-order valence-corrected chi connectivity index (χ2v) is 7.17. The average molecular weight is 437 g/mol. The fraction of sp³-hybridized carbons (Fsp3) is 0.227. The zero-order valence-electron chi connectivity index (χ0n) is 17.4. The molecule has 10 nitrogen and oxygen atoms in total. The molecule has 2 aromatic carbocycles. The molecule has 166 valence electrons. The summed E-state index contributed by atoms with van der Waals surface area (Å²) in [4.78, 5) is 51.3. The number of hydrogen-bond acceptors (Lipinski definition) is 5. The first-order valence-electron chi connectivity index (χ1n) is 9.94. The highest BCUT2D eigenvalue weighted by Crippen LogP contribution is 2.25. The van der Waals surface area contributed by atoms with E-state index in [2.05, 4.69) is 5.43 Å². The SMILES string of the molecule is CCN1C(=O)CN(NC(=O)c2ccc(C(=N)N)cc2CCC(=O)O)C(=O)c2ccccc21. The van der Waals surface area contributed by atoms with E-state index in [0.29, 0.717) is 23.4 Å². The molecule has 0 saturated heterocycles. The van der Waals surface area contributed by atoms with Crippen LogP contribution in [0.25, 0.3) is 0 Å². The molecule has 0 aromatic heterocycles. The van der Waals surface area contributed by atoms with E-state index in [1.807, 2.05) is 0 Å². The lowest BCUT2D eigenvalue weighted by Crippen LogP contribution is -2.49. The van der Waals surface area contributed by atoms with Crippen LogP contribution in [-0.2, 0) is 16.0 Å². The smallest absolute Gasteiger partial charge is 0.303 e. The molecule has 0 fully saturated rings. The Labute approximate surface area is 184 Å². The number of anilines is 1. The van der Waals surface area contributed by atoms with E-state index in [9.17, 15) is 19.2 Å². The Kier molecular flexibility index (Phi) is 6.53. The van der Waals surface area contributed by atoms with Gasteiger partial charge >= 0.3 is 5.97 Å². The molecule has 0 atom stereocenters. The number of aryl methyl sites for hydroxylation is 1. The van der Waals surface area contributed by atoms with Gasteiger partial charge in [0.1, 0.15) is 12.4 Å². The molecular formula is C22H23N5O5. The number of nitrogens with two attached hydrogens (primary N) is 1. The van der Waals surface area contributed by atoms with Crippen molar-refractivity contribution in [1.29, 1.82) is 5.41 Å². The molecule has 0 aliphatic carbocycles. The molecule has 0 saturated carbocycles. The summed E-state index contributed by atoms with van der Waals surface area (Å²) >= 11 is 0. The molecule has 1 heterocycles. The molecule has 0 radical (unpaired) electrons. The van der Waals surface area contributed by atoms with Crippen LogP contribution in [0.1, 0.15) is 45.2 Å². The molecule has 3 amide bonds. The lowest BCUT2D eigenvalue weighted by Gasteiger charge is -2.22. The molecule has 3 rings (SSSR count). The Balaban J connectivity index is 1.92. The predicted octanol–water partition coefficient (Wildman–Crippen LogP) is 1.14. The van der Waals surface area contributed by atoms with Crippen LogP contribution in [0.15, 0.2) is 42.5 Å². The van der Waals surface area contributed by atoms with Crippen LogP contribution in [0.3, 0.4) is 0 Å². The molecule has 0 unspecified atom stereocenters. The van der Waals surface area contributed by atoms with Gasteiger partial charge in [-0.3, -0.25) is 30.0 Å². The van der Waals surface area contributed by atoms with E-state index in [0.717, 1.165) is 5.01 Å². The third kappa shape index (κ3) is 4.59. The number of nitrogen functional groups attached to an aromatic ring is 1. The number of nitrogens with zero attached hydrogens (tertiary/aromatic N) is 2. The highest BCUT2D eigenvalue weighted by atomic mass is 16.4. The first kappa shape index (κ1) is 22.5. The van der Waals surface area contributed by atoms with Gasteiger partial charge in [0.25, 0.3) is 11.8 Å². The van der Waals surface area contributed by atoms with Crippen LogP contribution in [0, 0.1) is 5.41 Å². The van der Waals surface area contributed by atoms with Crippen molar-refractivity contribution >= 4 is 35.2 Å². The van der Waals surface area contributed by atoms with Crippen molar-refractivity contribution < 1.29 is 24.3 Å². The van der Waals surface area contributed by atoms with Crippen molar-refractivity contribution in [3.05, 3.63) is 64.7 Å². The molecule has 10 heteroatoms. The Hall–Kier alpha value is -4.21. The number of carbonyl (C=O) groups is 4. The summed E-state index contributed by atoms with van der Waals surface area (Å²) in [6, 6.07) is 11.0. The van der Waals surface area contributed by atoms with Gasteiger partial charge < -0.3 is 15.7 Å². The number of para-hydroxylation sites is 1. The van der Waals surface area contributed by atoms with Crippen LogP contribution in [0.2, 0.25) is 0 Å². The van der Waals surface area contributed by atoms with Crippen molar-refractivity contribution in [3.8, 4) is 0 Å². The second kappa shape index (κ2) is 9.29. The van der Waals surface area contributed by atoms with Crippen LogP contribution < -0.4 is 16.1 Å². The highest BCUT2D eigenvalue weighted by molar-refractivity contribution is 6.10. The van der Waals surface area contributed by atoms with Gasteiger partial charge in [-0.2, -0.15) is 0 Å². The van der Waals surface area contributed by atoms with Gasteiger partial charge in [0.2, 0.25) is 5.91 Å². The van der Waals surface area contributed by atoms with Gasteiger partial charge in [0.05, 0.1) is 11.3 Å². The standard InChI is InChI=1S/C22H23N5O5/c1-2-26-17-6-4-3-5-16(17)22(32)27(12-18(26)28)25-21(31)15-9-7-14(20(23)24)11-13(15)8-10-19(29)30/h3-7,9,11H,2,8,10,12H2,1H3,(H3,23,24)(H,25,31)(H,29,30). The number of carboxylic acids is 1. The van der Waals surface area contributed by atoms with E-state index in [1.165, 1.54) is 23.1 Å². The minimum Gasteiger partial charge on any atom is -0.481 e. The van der Waals surface area contributed by atoms with Crippen LogP contribution in [0.5, 0.6) is 0 Å². The predicted molar refractivity (Wildman–Crippen MR) is 116 cm³/mol. The summed E-state index contributed by atoms with van der Waals surface area (Å²) in [6.45, 7) is 1.79. The quantitative estimate of drug-likeness (QED) is 0.376. The summed E-state index contributed by atoms with van der Waals surface area (Å²) in [6.07, 6.45) is -0.208. The van der Waals surface area contributed by atoms with Gasteiger partial charge in [-0.05, 0) is 43.2 Å². The third-order valence-corrected chi connectivity index (χ3v) is 5.09. The van der Waals surface area contributed by atoms with Crippen LogP contribution in [0.4, 0.5) is 5.69 Å². The summed E-state index contributed by atoms with van der Waals surface area (Å²) < 4.78 is 0. The van der Waals surface area contributed by atoms with Crippen molar-refractivity contribution in [2.75, 3.05) is 18.0 Å². The van der Waals surface area contributed by atoms with E-state index in [-0.39, 0.29) is 42.3 Å². The normalized spacial score (nSPS) is 13.4. The summed E-state index contributed by atoms with van der Waals surface area (Å²) in [7, 11) is 0. The Morgan fingerprint density at radius 3 is 2.56 bits per heavy atom. The lowest BCUT2D eigenvalue weighted by molar-refractivity contribution is -0.137. The van der Waals surface area contributed by atoms with E-state index in [4.69, 9.17) is 16.2 Å². The zero-order chi connectivity index (χ0) is 23.4. The fourth-order valence-corrected chi connectivity index (χ4v) is 3.51. The third-order valence-electron chi connectivity index (χ3n) is 5.09. The van der Waals surface area contributed by atoms with Gasteiger partial charge in [-0.25, -0.2) is 5.01 Å². The number of hydrogen-bond donors (Lipinski definition) is 4. The number of hydrazine groups is 1. The maximum Gasteiger partial charge on any atom is 0.303 e. The number of carbonyl (C=O) groups excluding carboxylic acids is 3. The molecule has 1 aliphatic heterocycles. The Morgan fingerprint density at radius 1 is 1.19 bits per heavy atom. The van der Waals surface area contributed by atoms with Crippen LogP contribution in [-0.4, -0.2) is 52.7 Å². The minimum atomic E-state index is -1.05. The molecule has 5 N–H and O–H groups in total. The maximum atomic E-state index is 13.1. The van der Waals surface area contributed by atoms with Crippen LogP contribution >= 0.6 is 0 Å². The number of fused-ring (bicyclic) bond motifs is 1. The van der Waals surface area contributed by atoms with Gasteiger partial charge in [0.15, 0.2) is 0 Å². The molecule has 1 aliphatic rings. The average Bonchev–Trinajstić information content (AvgIpc) is 2.86. The Morgan fingerprint density at radius 2 is 1.91 bits per heavy atom. The van der Waals surface area contributed by atoms with Crippen molar-refractivity contribution in [2.45, 2.75) is 19.8 Å². The minimum absolute atomic E-state index is 0.0263. The number of carboxylic acid groups (broad SMARTS) is 1. The zero-order valence-corrected chi connectivity index (χ0v) is 17.4. The topological polar surface area (TPSA) is 157 Å². The first-order chi connectivity index (χ1) is 15.2. The number of amidine groups is 1. The van der Waals surface area contributed by atoms with Gasteiger partial charge in [-0.1, -0.05) is 18.2 Å². The number of likely N-dealkylation sites (N-methyl/N-ethyl adjacent to an activating group) is 1. The summed E-state index contributed by atoms with van der Waals surface area (Å²) in [5, 5.41) is 17.6. The molecule has 2 aromatic rings. The summed E-state index contributed by atoms with van der Waals surface area (Å²) in [5.41, 5.74) is 9.57. The van der Waals surface area contributed by atoms with E-state index >= 15 is 0 Å². The number of aliphatic carboxylic acids is 1. The van der Waals surface area contributed by atoms with E-state index < -0.39 is 17.8 Å². The van der Waals surface area contributed by atoms with Crippen molar-refractivity contribution in [2.24, 2.45) is 5.73 Å². The van der Waals surface area contributed by atoms with Crippen molar-refractivity contribution in [1.82, 2.24) is 10.4 Å². The number of nitrogens with one attached hydrogen (secondary N) is 2. The first-order valence-corrected chi connectivity index (χ1v) is 9.94. The maximum absolute atomic E-state index is 13.1. The molecule has 32 heavy (non-hydrogen) atoms. The molecule has 0 spiro atoms. The fourth-order valence-electron chi connectivity index (χ4n) is 3.51. The highest BCUT2D eigenvalue weighted by Gasteiger charge is 2.32. The van der Waals surface area contributed by atoms with Gasteiger partial charge in [0, 0.05) is 24.1 Å². The number of benzene rings is 2. The van der Waals surface area contributed by atoms with Gasteiger partial charge in [-0.15, -0.1) is 0 Å². The lowest BCUT2D eigenvalue weighted by atomic mass is 9.99. The number of rotatable bonds is 7. The largest absolute Gasteiger partial charge is 0.481 e. The molecule has 0 bridgehead atoms. The monoisotopic (exact) mass is 437 g/mol. The second-order valence-electron chi connectivity index (χ2n) is 7.17. The molecular weight excluding hydrogens is 414 g/mol. The Bertz CT molecular complexity index is 1110.